The highest BCUT2D eigenvalue weighted by Crippen LogP contribution is 2.19. The van der Waals surface area contributed by atoms with Gasteiger partial charge in [-0.05, 0) is 55.7 Å². The Kier molecular flexibility index (Phi) is 8.14. The van der Waals surface area contributed by atoms with Crippen LogP contribution in [0.5, 0.6) is 5.75 Å². The number of carbonyl (C=O) groups excluding carboxylic acids is 2. The summed E-state index contributed by atoms with van der Waals surface area (Å²) < 4.78 is 5.34. The molecule has 6 heteroatoms. The van der Waals surface area contributed by atoms with Crippen molar-refractivity contribution < 1.29 is 14.3 Å². The Balaban J connectivity index is 1.64. The summed E-state index contributed by atoms with van der Waals surface area (Å²) in [5.41, 5.74) is 2.79. The molecule has 0 radical (unpaired) electrons. The number of amides is 2. The summed E-state index contributed by atoms with van der Waals surface area (Å²) >= 11 is 5.80. The van der Waals surface area contributed by atoms with E-state index in [2.05, 4.69) is 16.7 Å². The molecular weight excluding hydrogens is 364 g/mol. The molecule has 2 rings (SSSR count). The van der Waals surface area contributed by atoms with Gasteiger partial charge in [-0.3, -0.25) is 9.59 Å². The Morgan fingerprint density at radius 1 is 1.04 bits per heavy atom. The van der Waals surface area contributed by atoms with Crippen molar-refractivity contribution >= 4 is 23.4 Å². The molecule has 0 aliphatic heterocycles. The van der Waals surface area contributed by atoms with Gasteiger partial charge in [-0.2, -0.15) is 0 Å². The Bertz CT molecular complexity index is 775. The molecule has 0 fully saturated rings. The lowest BCUT2D eigenvalue weighted by Gasteiger charge is -2.10. The number of halogens is 1. The Hall–Kier alpha value is -2.53. The van der Waals surface area contributed by atoms with Crippen LogP contribution < -0.4 is 15.4 Å². The summed E-state index contributed by atoms with van der Waals surface area (Å²) in [6, 6.07) is 12.7. The zero-order valence-electron chi connectivity index (χ0n) is 15.7. The molecule has 0 atom stereocenters. The molecule has 0 aliphatic rings. The second kappa shape index (κ2) is 10.6. The van der Waals surface area contributed by atoms with Gasteiger partial charge in [0.15, 0.2) is 0 Å². The summed E-state index contributed by atoms with van der Waals surface area (Å²) in [4.78, 5) is 23.9. The van der Waals surface area contributed by atoms with Gasteiger partial charge in [-0.1, -0.05) is 29.3 Å². The number of hydrogen-bond acceptors (Lipinski definition) is 3. The van der Waals surface area contributed by atoms with Crippen LogP contribution >= 0.6 is 11.6 Å². The molecule has 0 aromatic heterocycles. The Morgan fingerprint density at radius 3 is 2.48 bits per heavy atom. The lowest BCUT2D eigenvalue weighted by atomic mass is 10.1. The van der Waals surface area contributed by atoms with Gasteiger partial charge in [0.05, 0.1) is 7.11 Å². The minimum Gasteiger partial charge on any atom is -0.496 e. The molecule has 0 heterocycles. The van der Waals surface area contributed by atoms with Gasteiger partial charge in [-0.15, -0.1) is 0 Å². The van der Waals surface area contributed by atoms with Crippen LogP contribution in [0.1, 0.15) is 34.3 Å². The van der Waals surface area contributed by atoms with Crippen LogP contribution in [-0.2, 0) is 11.2 Å². The number of hydrogen-bond donors (Lipinski definition) is 2. The van der Waals surface area contributed by atoms with Gasteiger partial charge < -0.3 is 15.4 Å². The van der Waals surface area contributed by atoms with Crippen LogP contribution in [0, 0.1) is 6.92 Å². The van der Waals surface area contributed by atoms with Gasteiger partial charge >= 0.3 is 0 Å². The number of aryl methyl sites for hydroxylation is 1. The van der Waals surface area contributed by atoms with Gasteiger partial charge in [0.25, 0.3) is 5.91 Å². The monoisotopic (exact) mass is 388 g/mol. The normalized spacial score (nSPS) is 10.3. The van der Waals surface area contributed by atoms with E-state index in [1.165, 1.54) is 0 Å². The fourth-order valence-corrected chi connectivity index (χ4v) is 2.81. The molecule has 0 bridgehead atoms. The third-order valence-electron chi connectivity index (χ3n) is 4.12. The quantitative estimate of drug-likeness (QED) is 0.646. The molecule has 0 spiro atoms. The second-order valence-corrected chi connectivity index (χ2v) is 6.72. The third kappa shape index (κ3) is 6.94. The number of rotatable bonds is 9. The molecule has 5 nitrogen and oxygen atoms in total. The Morgan fingerprint density at radius 2 is 1.78 bits per heavy atom. The zero-order chi connectivity index (χ0) is 19.6. The van der Waals surface area contributed by atoms with Crippen molar-refractivity contribution in [2.75, 3.05) is 20.2 Å². The fraction of sp³-hybridized carbons (Fsp3) is 0.333. The van der Waals surface area contributed by atoms with E-state index in [1.807, 2.05) is 19.1 Å². The summed E-state index contributed by atoms with van der Waals surface area (Å²) in [6.45, 7) is 3.02. The average molecular weight is 389 g/mol. The molecule has 27 heavy (non-hydrogen) atoms. The van der Waals surface area contributed by atoms with E-state index in [0.717, 1.165) is 16.9 Å². The molecule has 0 unspecified atom stereocenters. The highest BCUT2D eigenvalue weighted by Gasteiger charge is 2.07. The maximum Gasteiger partial charge on any atom is 0.251 e. The van der Waals surface area contributed by atoms with Crippen molar-refractivity contribution in [1.82, 2.24) is 10.6 Å². The fourth-order valence-electron chi connectivity index (χ4n) is 2.68. The summed E-state index contributed by atoms with van der Waals surface area (Å²) in [5, 5.41) is 6.29. The van der Waals surface area contributed by atoms with E-state index in [1.54, 1.807) is 31.4 Å². The van der Waals surface area contributed by atoms with Crippen molar-refractivity contribution in [3.8, 4) is 5.75 Å². The zero-order valence-corrected chi connectivity index (χ0v) is 16.4. The molecule has 2 amide bonds. The summed E-state index contributed by atoms with van der Waals surface area (Å²) in [5.74, 6) is 0.640. The molecule has 2 aromatic carbocycles. The van der Waals surface area contributed by atoms with Crippen molar-refractivity contribution in [3.05, 3.63) is 64.2 Å². The van der Waals surface area contributed by atoms with Crippen LogP contribution in [0.25, 0.3) is 0 Å². The van der Waals surface area contributed by atoms with Crippen LogP contribution in [0.2, 0.25) is 5.02 Å². The predicted molar refractivity (Wildman–Crippen MR) is 107 cm³/mol. The SMILES string of the molecule is COc1ccc(C)cc1CCNC(=O)CCCNC(=O)c1ccc(Cl)cc1. The third-order valence-corrected chi connectivity index (χ3v) is 4.38. The van der Waals surface area contributed by atoms with E-state index in [0.29, 0.717) is 42.9 Å². The van der Waals surface area contributed by atoms with Crippen LogP contribution in [0.3, 0.4) is 0 Å². The van der Waals surface area contributed by atoms with Crippen molar-refractivity contribution in [1.29, 1.82) is 0 Å². The number of benzene rings is 2. The molecule has 2 N–H and O–H groups in total. The van der Waals surface area contributed by atoms with E-state index in [9.17, 15) is 9.59 Å². The van der Waals surface area contributed by atoms with E-state index in [-0.39, 0.29) is 11.8 Å². The first-order chi connectivity index (χ1) is 13.0. The van der Waals surface area contributed by atoms with Crippen LogP contribution in [0.4, 0.5) is 0 Å². The highest BCUT2D eigenvalue weighted by molar-refractivity contribution is 6.30. The first-order valence-corrected chi connectivity index (χ1v) is 9.31. The standard InChI is InChI=1S/C21H25ClN2O3/c1-15-5-10-19(27-2)17(14-15)11-13-23-20(25)4-3-12-24-21(26)16-6-8-18(22)9-7-16/h5-10,14H,3-4,11-13H2,1-2H3,(H,23,25)(H,24,26). The van der Waals surface area contributed by atoms with E-state index in [4.69, 9.17) is 16.3 Å². The number of ether oxygens (including phenoxy) is 1. The highest BCUT2D eigenvalue weighted by atomic mass is 35.5. The maximum absolute atomic E-state index is 12.0. The molecule has 0 saturated heterocycles. The average Bonchev–Trinajstić information content (AvgIpc) is 2.66. The molecule has 2 aromatic rings. The lowest BCUT2D eigenvalue weighted by molar-refractivity contribution is -0.121. The predicted octanol–water partition coefficient (Wildman–Crippen LogP) is 3.53. The largest absolute Gasteiger partial charge is 0.496 e. The summed E-state index contributed by atoms with van der Waals surface area (Å²) in [6.07, 6.45) is 1.66. The van der Waals surface area contributed by atoms with Crippen molar-refractivity contribution in [3.63, 3.8) is 0 Å². The van der Waals surface area contributed by atoms with Crippen molar-refractivity contribution in [2.24, 2.45) is 0 Å². The topological polar surface area (TPSA) is 67.4 Å². The number of nitrogens with one attached hydrogen (secondary N) is 2. The first-order valence-electron chi connectivity index (χ1n) is 8.93. The van der Waals surface area contributed by atoms with Gasteiger partial charge in [0, 0.05) is 30.1 Å². The lowest BCUT2D eigenvalue weighted by Crippen LogP contribution is -2.28. The smallest absolute Gasteiger partial charge is 0.251 e. The van der Waals surface area contributed by atoms with Crippen LogP contribution in [0.15, 0.2) is 42.5 Å². The number of methoxy groups -OCH3 is 1. The van der Waals surface area contributed by atoms with E-state index < -0.39 is 0 Å². The molecule has 0 saturated carbocycles. The van der Waals surface area contributed by atoms with Gasteiger partial charge in [0.1, 0.15) is 5.75 Å². The minimum absolute atomic E-state index is 0.0256. The second-order valence-electron chi connectivity index (χ2n) is 6.28. The molecule has 0 aliphatic carbocycles. The van der Waals surface area contributed by atoms with Gasteiger partial charge in [-0.25, -0.2) is 0 Å². The first kappa shape index (κ1) is 20.8. The number of carbonyl (C=O) groups is 2. The maximum atomic E-state index is 12.0. The Labute approximate surface area is 165 Å². The van der Waals surface area contributed by atoms with Crippen molar-refractivity contribution in [2.45, 2.75) is 26.2 Å². The molecule has 144 valence electrons. The minimum atomic E-state index is -0.168. The molecular formula is C21H25ClN2O3. The van der Waals surface area contributed by atoms with Crippen LogP contribution in [-0.4, -0.2) is 32.0 Å². The van der Waals surface area contributed by atoms with E-state index >= 15 is 0 Å². The summed E-state index contributed by atoms with van der Waals surface area (Å²) in [7, 11) is 1.64. The van der Waals surface area contributed by atoms with Gasteiger partial charge in [0.2, 0.25) is 5.91 Å².